The molecule has 0 atom stereocenters. The Kier molecular flexibility index (Phi) is 6.91. The van der Waals surface area contributed by atoms with E-state index in [9.17, 15) is 9.59 Å². The van der Waals surface area contributed by atoms with Gasteiger partial charge in [-0.1, -0.05) is 11.8 Å². The van der Waals surface area contributed by atoms with Gasteiger partial charge in [-0.05, 0) is 44.0 Å². The number of thioether (sulfide) groups is 1. The predicted octanol–water partition coefficient (Wildman–Crippen LogP) is 2.05. The lowest BCUT2D eigenvalue weighted by Crippen LogP contribution is -2.18. The van der Waals surface area contributed by atoms with E-state index in [2.05, 4.69) is 20.4 Å². The Morgan fingerprint density at radius 3 is 2.54 bits per heavy atom. The molecule has 1 aromatic carbocycles. The van der Waals surface area contributed by atoms with E-state index in [1.54, 1.807) is 0 Å². The molecule has 1 saturated heterocycles. The maximum Gasteiger partial charge on any atom is 0.234 e. The summed E-state index contributed by atoms with van der Waals surface area (Å²) in [5.74, 6) is 0.488. The third-order valence-corrected chi connectivity index (χ3v) is 5.63. The zero-order chi connectivity index (χ0) is 19.9. The van der Waals surface area contributed by atoms with Crippen LogP contribution < -0.4 is 16.0 Å². The van der Waals surface area contributed by atoms with E-state index in [4.69, 9.17) is 5.73 Å². The molecule has 3 N–H and O–H groups in total. The maximum atomic E-state index is 12.3. The third-order valence-electron chi connectivity index (χ3n) is 4.66. The standard InChI is InChI=1S/C19H26N6O2S/c1-2-25-17(10-9-16(20)26)22-23-19(25)28-13-18(27)21-14-5-7-15(8-6-14)24-11-3-4-12-24/h5-8H,2-4,9-13H2,1H3,(H2,20,26)(H,21,27). The zero-order valence-corrected chi connectivity index (χ0v) is 16.9. The second kappa shape index (κ2) is 9.59. The SMILES string of the molecule is CCn1c(CCC(N)=O)nnc1SCC(=O)Nc1ccc(N2CCCC2)cc1. The third kappa shape index (κ3) is 5.25. The minimum atomic E-state index is -0.366. The van der Waals surface area contributed by atoms with Crippen LogP contribution in [-0.4, -0.2) is 45.4 Å². The van der Waals surface area contributed by atoms with Crippen LogP contribution in [0.2, 0.25) is 0 Å². The van der Waals surface area contributed by atoms with E-state index in [1.807, 2.05) is 35.8 Å². The molecular weight excluding hydrogens is 376 g/mol. The van der Waals surface area contributed by atoms with Crippen LogP contribution in [0.25, 0.3) is 0 Å². The van der Waals surface area contributed by atoms with Crippen molar-refractivity contribution >= 4 is 35.0 Å². The summed E-state index contributed by atoms with van der Waals surface area (Å²) in [5.41, 5.74) is 7.18. The van der Waals surface area contributed by atoms with Crippen molar-refractivity contribution in [2.75, 3.05) is 29.1 Å². The molecule has 0 spiro atoms. The van der Waals surface area contributed by atoms with Gasteiger partial charge in [-0.15, -0.1) is 10.2 Å². The number of aryl methyl sites for hydroxylation is 1. The van der Waals surface area contributed by atoms with Crippen LogP contribution in [0, 0.1) is 0 Å². The van der Waals surface area contributed by atoms with Gasteiger partial charge in [0.15, 0.2) is 5.16 Å². The molecule has 1 aliphatic rings. The number of nitrogens with one attached hydrogen (secondary N) is 1. The molecule has 28 heavy (non-hydrogen) atoms. The molecular formula is C19H26N6O2S. The van der Waals surface area contributed by atoms with Crippen molar-refractivity contribution in [1.82, 2.24) is 14.8 Å². The highest BCUT2D eigenvalue weighted by atomic mass is 32.2. The summed E-state index contributed by atoms with van der Waals surface area (Å²) in [6, 6.07) is 7.97. The lowest BCUT2D eigenvalue weighted by molar-refractivity contribution is -0.118. The molecule has 2 aromatic rings. The fraction of sp³-hybridized carbons (Fsp3) is 0.474. The lowest BCUT2D eigenvalue weighted by atomic mass is 10.2. The molecule has 1 aliphatic heterocycles. The fourth-order valence-electron chi connectivity index (χ4n) is 3.22. The molecule has 0 radical (unpaired) electrons. The number of nitrogens with two attached hydrogens (primary N) is 1. The van der Waals surface area contributed by atoms with Crippen LogP contribution in [0.4, 0.5) is 11.4 Å². The van der Waals surface area contributed by atoms with Gasteiger partial charge in [0.1, 0.15) is 5.82 Å². The topological polar surface area (TPSA) is 106 Å². The highest BCUT2D eigenvalue weighted by molar-refractivity contribution is 7.99. The molecule has 1 fully saturated rings. The van der Waals surface area contributed by atoms with E-state index in [1.165, 1.54) is 30.3 Å². The Bertz CT molecular complexity index is 814. The van der Waals surface area contributed by atoms with Crippen molar-refractivity contribution in [3.05, 3.63) is 30.1 Å². The van der Waals surface area contributed by atoms with Crippen molar-refractivity contribution in [3.63, 3.8) is 0 Å². The summed E-state index contributed by atoms with van der Waals surface area (Å²) >= 11 is 1.33. The number of benzene rings is 1. The van der Waals surface area contributed by atoms with Gasteiger partial charge in [-0.2, -0.15) is 0 Å². The largest absolute Gasteiger partial charge is 0.372 e. The summed E-state index contributed by atoms with van der Waals surface area (Å²) in [4.78, 5) is 25.6. The molecule has 0 aliphatic carbocycles. The predicted molar refractivity (Wildman–Crippen MR) is 110 cm³/mol. The number of rotatable bonds is 9. The van der Waals surface area contributed by atoms with Crippen molar-refractivity contribution in [1.29, 1.82) is 0 Å². The molecule has 0 unspecified atom stereocenters. The van der Waals surface area contributed by atoms with Gasteiger partial charge in [0.2, 0.25) is 11.8 Å². The average Bonchev–Trinajstić information content (AvgIpc) is 3.35. The first kappa shape index (κ1) is 20.2. The van der Waals surface area contributed by atoms with Gasteiger partial charge in [-0.25, -0.2) is 0 Å². The van der Waals surface area contributed by atoms with Crippen molar-refractivity contribution in [2.45, 2.75) is 44.3 Å². The molecule has 0 saturated carbocycles. The van der Waals surface area contributed by atoms with Crippen molar-refractivity contribution in [2.24, 2.45) is 5.73 Å². The second-order valence-corrected chi connectivity index (χ2v) is 7.63. The number of carbonyl (C=O) groups is 2. The second-order valence-electron chi connectivity index (χ2n) is 6.69. The van der Waals surface area contributed by atoms with Gasteiger partial charge >= 0.3 is 0 Å². The van der Waals surface area contributed by atoms with E-state index < -0.39 is 0 Å². The van der Waals surface area contributed by atoms with Gasteiger partial charge in [0, 0.05) is 43.9 Å². The Morgan fingerprint density at radius 1 is 1.18 bits per heavy atom. The summed E-state index contributed by atoms with van der Waals surface area (Å²) in [5, 5.41) is 11.8. The minimum Gasteiger partial charge on any atom is -0.372 e. The van der Waals surface area contributed by atoms with Gasteiger partial charge in [0.05, 0.1) is 5.75 Å². The number of primary amides is 1. The van der Waals surface area contributed by atoms with E-state index in [0.29, 0.717) is 23.9 Å². The van der Waals surface area contributed by atoms with Crippen LogP contribution in [0.5, 0.6) is 0 Å². The normalized spacial score (nSPS) is 13.7. The molecule has 1 aromatic heterocycles. The number of amides is 2. The van der Waals surface area contributed by atoms with E-state index >= 15 is 0 Å². The molecule has 150 valence electrons. The fourth-order valence-corrected chi connectivity index (χ4v) is 4.04. The lowest BCUT2D eigenvalue weighted by Gasteiger charge is -2.17. The highest BCUT2D eigenvalue weighted by Gasteiger charge is 2.15. The van der Waals surface area contributed by atoms with Gasteiger partial charge < -0.3 is 20.5 Å². The van der Waals surface area contributed by atoms with Crippen LogP contribution >= 0.6 is 11.8 Å². The Balaban J connectivity index is 1.52. The number of nitrogens with zero attached hydrogens (tertiary/aromatic N) is 4. The van der Waals surface area contributed by atoms with Crippen molar-refractivity contribution in [3.8, 4) is 0 Å². The minimum absolute atomic E-state index is 0.0942. The summed E-state index contributed by atoms with van der Waals surface area (Å²) in [7, 11) is 0. The quantitative estimate of drug-likeness (QED) is 0.622. The van der Waals surface area contributed by atoms with Gasteiger partial charge in [0.25, 0.3) is 0 Å². The first-order valence-corrected chi connectivity index (χ1v) is 10.5. The molecule has 2 heterocycles. The molecule has 8 nitrogen and oxygen atoms in total. The molecule has 2 amide bonds. The zero-order valence-electron chi connectivity index (χ0n) is 16.1. The summed E-state index contributed by atoms with van der Waals surface area (Å²) < 4.78 is 1.91. The van der Waals surface area contributed by atoms with Gasteiger partial charge in [-0.3, -0.25) is 9.59 Å². The Labute approximate surface area is 168 Å². The molecule has 3 rings (SSSR count). The van der Waals surface area contributed by atoms with Crippen molar-refractivity contribution < 1.29 is 9.59 Å². The number of carbonyl (C=O) groups excluding carboxylic acids is 2. The maximum absolute atomic E-state index is 12.3. The number of hydrogen-bond donors (Lipinski definition) is 2. The number of hydrogen-bond acceptors (Lipinski definition) is 6. The Hall–Kier alpha value is -2.55. The average molecular weight is 403 g/mol. The summed E-state index contributed by atoms with van der Waals surface area (Å²) in [6.45, 7) is 4.84. The van der Waals surface area contributed by atoms with Crippen LogP contribution in [0.15, 0.2) is 29.4 Å². The molecule has 0 bridgehead atoms. The smallest absolute Gasteiger partial charge is 0.234 e. The van der Waals surface area contributed by atoms with Crippen LogP contribution in [0.3, 0.4) is 0 Å². The van der Waals surface area contributed by atoms with Crippen LogP contribution in [-0.2, 0) is 22.6 Å². The number of anilines is 2. The van der Waals surface area contributed by atoms with Crippen LogP contribution in [0.1, 0.15) is 32.0 Å². The first-order valence-electron chi connectivity index (χ1n) is 9.55. The number of aromatic nitrogens is 3. The first-order chi connectivity index (χ1) is 13.6. The van der Waals surface area contributed by atoms with E-state index in [0.717, 1.165) is 18.8 Å². The molecule has 9 heteroatoms. The monoisotopic (exact) mass is 402 g/mol. The highest BCUT2D eigenvalue weighted by Crippen LogP contribution is 2.23. The summed E-state index contributed by atoms with van der Waals surface area (Å²) in [6.07, 6.45) is 3.16. The van der Waals surface area contributed by atoms with E-state index in [-0.39, 0.29) is 24.0 Å². The Morgan fingerprint density at radius 2 is 1.89 bits per heavy atom.